The molecule has 2 saturated carbocycles. The monoisotopic (exact) mass is 770 g/mol. The zero-order valence-electron chi connectivity index (χ0n) is 30.7. The van der Waals surface area contributed by atoms with Crippen molar-refractivity contribution < 1.29 is 36.7 Å². The molecule has 0 radical (unpaired) electrons. The number of halogens is 4. The van der Waals surface area contributed by atoms with Crippen LogP contribution in [-0.4, -0.2) is 102 Å². The number of nitrogens with one attached hydrogen (secondary N) is 1. The Labute approximate surface area is 315 Å². The summed E-state index contributed by atoms with van der Waals surface area (Å²) in [5, 5.41) is 2.97. The van der Waals surface area contributed by atoms with Crippen LogP contribution in [0.4, 0.5) is 23.2 Å². The Balaban J connectivity index is 1.04. The first-order valence-electron chi connectivity index (χ1n) is 18.8. The van der Waals surface area contributed by atoms with Gasteiger partial charge in [-0.1, -0.05) is 13.8 Å². The summed E-state index contributed by atoms with van der Waals surface area (Å²) in [5.74, 6) is -1.79. The molecule has 5 aliphatic rings. The lowest BCUT2D eigenvalue weighted by molar-refractivity contribution is -0.206. The third-order valence-electron chi connectivity index (χ3n) is 12.9. The number of piperidine rings is 1. The Kier molecular flexibility index (Phi) is 9.22. The summed E-state index contributed by atoms with van der Waals surface area (Å²) in [6.45, 7) is 7.13. The molecule has 290 valence electrons. The first kappa shape index (κ1) is 37.1. The largest absolute Gasteiger partial charge is 0.396 e. The zero-order chi connectivity index (χ0) is 38.2. The molecule has 3 aromatic rings. The van der Waals surface area contributed by atoms with Crippen molar-refractivity contribution in [2.45, 2.75) is 77.1 Å². The Morgan fingerprint density at radius 2 is 1.72 bits per heavy atom. The minimum absolute atomic E-state index is 0.0441. The average molecular weight is 771 g/mol. The summed E-state index contributed by atoms with van der Waals surface area (Å²) in [6, 6.07) is 5.49. The molecular formula is C39H46F4N6O4S. The van der Waals surface area contributed by atoms with E-state index < -0.39 is 59.3 Å². The number of alkyl halides is 3. The third-order valence-corrected chi connectivity index (χ3v) is 13.8. The van der Waals surface area contributed by atoms with E-state index in [1.165, 1.54) is 23.5 Å². The zero-order valence-corrected chi connectivity index (χ0v) is 31.5. The SMILES string of the molecule is C[C@@H](OCC1(C(F)(F)F)CC1)[C@H](NC(=O)C1CN(c2cc(F)cc3ncsc23)CC12CN(C(=O)[C@H]1CC1(C)C)C2)C(=O)N1CCC(c2ccncc2)CC1. The number of nitrogens with zero attached hydrogens (tertiary/aromatic N) is 5. The van der Waals surface area contributed by atoms with Gasteiger partial charge < -0.3 is 24.8 Å². The van der Waals surface area contributed by atoms with Gasteiger partial charge in [0.2, 0.25) is 17.7 Å². The number of anilines is 1. The number of fused-ring (bicyclic) bond motifs is 1. The van der Waals surface area contributed by atoms with Crippen LogP contribution in [-0.2, 0) is 19.1 Å². The highest BCUT2D eigenvalue weighted by Gasteiger charge is 2.64. The predicted octanol–water partition coefficient (Wildman–Crippen LogP) is 5.78. The molecule has 3 saturated heterocycles. The van der Waals surface area contributed by atoms with Crippen LogP contribution in [0.15, 0.2) is 42.2 Å². The molecular weight excluding hydrogens is 725 g/mol. The quantitative estimate of drug-likeness (QED) is 0.261. The van der Waals surface area contributed by atoms with Crippen molar-refractivity contribution in [2.24, 2.45) is 28.1 Å². The number of hydrogen-bond donors (Lipinski definition) is 1. The molecule has 15 heteroatoms. The second-order valence-corrected chi connectivity index (χ2v) is 17.9. The summed E-state index contributed by atoms with van der Waals surface area (Å²) < 4.78 is 63.2. The summed E-state index contributed by atoms with van der Waals surface area (Å²) in [7, 11) is 0. The van der Waals surface area contributed by atoms with Gasteiger partial charge in [0.05, 0.1) is 45.5 Å². The van der Waals surface area contributed by atoms with Crippen molar-refractivity contribution in [3.63, 3.8) is 0 Å². The first-order valence-corrected chi connectivity index (χ1v) is 19.7. The fraction of sp³-hybridized carbons (Fsp3) is 0.615. The van der Waals surface area contributed by atoms with E-state index in [1.54, 1.807) is 34.6 Å². The van der Waals surface area contributed by atoms with Crippen LogP contribution in [0.1, 0.15) is 64.4 Å². The number of carbonyl (C=O) groups excluding carboxylic acids is 3. The van der Waals surface area contributed by atoms with E-state index in [9.17, 15) is 31.9 Å². The lowest BCUT2D eigenvalue weighted by Gasteiger charge is -2.51. The van der Waals surface area contributed by atoms with Crippen LogP contribution in [0.2, 0.25) is 0 Å². The summed E-state index contributed by atoms with van der Waals surface area (Å²) in [4.78, 5) is 56.2. The van der Waals surface area contributed by atoms with E-state index in [0.717, 1.165) is 16.7 Å². The van der Waals surface area contributed by atoms with Crippen LogP contribution in [0.5, 0.6) is 0 Å². The molecule has 8 rings (SSSR count). The fourth-order valence-corrected chi connectivity index (χ4v) is 9.73. The van der Waals surface area contributed by atoms with Gasteiger partial charge in [0.15, 0.2) is 0 Å². The van der Waals surface area contributed by atoms with Crippen LogP contribution in [0.3, 0.4) is 0 Å². The number of carbonyl (C=O) groups is 3. The van der Waals surface area contributed by atoms with Crippen LogP contribution in [0.25, 0.3) is 10.2 Å². The lowest BCUT2D eigenvalue weighted by atomic mass is 9.70. The molecule has 5 fully saturated rings. The summed E-state index contributed by atoms with van der Waals surface area (Å²) in [5.41, 5.74) is 1.20. The smallest absolute Gasteiger partial charge is 0.375 e. The van der Waals surface area contributed by atoms with Crippen molar-refractivity contribution >= 4 is 45.0 Å². The first-order chi connectivity index (χ1) is 25.6. The number of amides is 3. The maximum absolute atomic E-state index is 14.9. The van der Waals surface area contributed by atoms with Gasteiger partial charge in [-0.3, -0.25) is 19.4 Å². The highest BCUT2D eigenvalue weighted by Crippen LogP contribution is 2.58. The molecule has 5 heterocycles. The van der Waals surface area contributed by atoms with Gasteiger partial charge in [0.1, 0.15) is 11.9 Å². The van der Waals surface area contributed by atoms with Crippen molar-refractivity contribution in [1.82, 2.24) is 25.1 Å². The number of rotatable bonds is 10. The van der Waals surface area contributed by atoms with Crippen LogP contribution >= 0.6 is 11.3 Å². The maximum atomic E-state index is 14.9. The molecule has 2 aromatic heterocycles. The van der Waals surface area contributed by atoms with E-state index >= 15 is 0 Å². The molecule has 3 amide bonds. The van der Waals surface area contributed by atoms with Gasteiger partial charge in [-0.15, -0.1) is 11.3 Å². The van der Waals surface area contributed by atoms with Gasteiger partial charge in [-0.2, -0.15) is 13.2 Å². The minimum atomic E-state index is -4.44. The maximum Gasteiger partial charge on any atom is 0.396 e. The molecule has 2 aliphatic carbocycles. The number of benzene rings is 1. The second kappa shape index (κ2) is 13.4. The summed E-state index contributed by atoms with van der Waals surface area (Å²) >= 11 is 1.37. The Morgan fingerprint density at radius 1 is 1.04 bits per heavy atom. The minimum Gasteiger partial charge on any atom is -0.375 e. The molecule has 3 aliphatic heterocycles. The van der Waals surface area contributed by atoms with Crippen LogP contribution in [0, 0.1) is 33.9 Å². The highest BCUT2D eigenvalue weighted by atomic mass is 32.1. The Morgan fingerprint density at radius 3 is 2.35 bits per heavy atom. The molecule has 1 aromatic carbocycles. The van der Waals surface area contributed by atoms with Gasteiger partial charge in [0.25, 0.3) is 0 Å². The standard InChI is InChI=1S/C39H46F4N6O4S/c1-23(53-21-38(8-9-38)39(41,42)43)31(35(52)47-12-6-25(7-13-47)24-4-10-44-11-5-24)46-33(50)28-17-48(30-15-26(40)14-29-32(30)54-22-45-29)18-37(28)19-49(20-37)34(51)27-16-36(27,2)3/h4-5,10-11,14-15,22-23,25,27-28,31H,6-9,12-13,16-21H2,1-3H3,(H,46,50)/t23-,27-,28?,31+/m1/s1. The van der Waals surface area contributed by atoms with Gasteiger partial charge in [-0.05, 0) is 74.1 Å². The molecule has 1 N–H and O–H groups in total. The Hall–Kier alpha value is -3.85. The second-order valence-electron chi connectivity index (χ2n) is 17.0. The van der Waals surface area contributed by atoms with Gasteiger partial charge in [-0.25, -0.2) is 9.37 Å². The molecule has 1 spiro atoms. The normalized spacial score (nSPS) is 25.4. The van der Waals surface area contributed by atoms with E-state index in [0.29, 0.717) is 56.8 Å². The average Bonchev–Trinajstić information content (AvgIpc) is 3.93. The molecule has 10 nitrogen and oxygen atoms in total. The number of thiazole rings is 1. The molecule has 0 bridgehead atoms. The third kappa shape index (κ3) is 6.73. The number of pyridine rings is 1. The van der Waals surface area contributed by atoms with E-state index in [-0.39, 0.29) is 42.5 Å². The van der Waals surface area contributed by atoms with Crippen molar-refractivity contribution in [2.75, 3.05) is 50.8 Å². The number of aromatic nitrogens is 2. The summed E-state index contributed by atoms with van der Waals surface area (Å²) in [6.07, 6.45) is 0.0672. The van der Waals surface area contributed by atoms with Crippen molar-refractivity contribution in [3.05, 3.63) is 53.6 Å². The van der Waals surface area contributed by atoms with Gasteiger partial charge in [0, 0.05) is 69.1 Å². The molecule has 54 heavy (non-hydrogen) atoms. The topological polar surface area (TPSA) is 108 Å². The van der Waals surface area contributed by atoms with Gasteiger partial charge >= 0.3 is 6.18 Å². The number of ether oxygens (including phenoxy) is 1. The van der Waals surface area contributed by atoms with Crippen molar-refractivity contribution in [1.29, 1.82) is 0 Å². The number of hydrogen-bond acceptors (Lipinski definition) is 8. The highest BCUT2D eigenvalue weighted by molar-refractivity contribution is 7.17. The number of likely N-dealkylation sites (tertiary alicyclic amines) is 2. The Bertz CT molecular complexity index is 1920. The predicted molar refractivity (Wildman–Crippen MR) is 194 cm³/mol. The fourth-order valence-electron chi connectivity index (χ4n) is 8.91. The lowest BCUT2D eigenvalue weighted by Crippen LogP contribution is -2.65. The molecule has 1 unspecified atom stereocenters. The molecule has 4 atom stereocenters. The van der Waals surface area contributed by atoms with Crippen LogP contribution < -0.4 is 10.2 Å². The van der Waals surface area contributed by atoms with E-state index in [2.05, 4.69) is 29.1 Å². The van der Waals surface area contributed by atoms with Crippen molar-refractivity contribution in [3.8, 4) is 0 Å². The van der Waals surface area contributed by atoms with E-state index in [1.807, 2.05) is 17.0 Å². The van der Waals surface area contributed by atoms with E-state index in [4.69, 9.17) is 4.74 Å².